The van der Waals surface area contributed by atoms with Crippen LogP contribution in [0.15, 0.2) is 15.9 Å². The van der Waals surface area contributed by atoms with Gasteiger partial charge < -0.3 is 10.5 Å². The molecule has 1 aromatic rings. The molecule has 0 saturated carbocycles. The number of ether oxygens (including phenoxy) is 1. The molecule has 0 amide bonds. The molecule has 0 aromatic carbocycles. The molecule has 86 valence electrons. The van der Waals surface area contributed by atoms with Crippen molar-refractivity contribution in [3.63, 3.8) is 0 Å². The molecule has 1 unspecified atom stereocenters. The molecule has 0 bridgehead atoms. The Hall–Kier alpha value is 0.1000. The zero-order valence-electron chi connectivity index (χ0n) is 9.04. The Bertz CT molecular complexity index is 277. The molecule has 4 heteroatoms. The number of hydrogen-bond donors (Lipinski definition) is 1. The molecule has 1 atom stereocenters. The SMILES string of the molecule is CCCOCCC(N)Cc1ccc(Br)s1. The van der Waals surface area contributed by atoms with E-state index in [-0.39, 0.29) is 6.04 Å². The van der Waals surface area contributed by atoms with Crippen LogP contribution >= 0.6 is 27.3 Å². The molecule has 0 aliphatic heterocycles. The lowest BCUT2D eigenvalue weighted by molar-refractivity contribution is 0.128. The van der Waals surface area contributed by atoms with E-state index in [2.05, 4.69) is 35.0 Å². The van der Waals surface area contributed by atoms with E-state index in [0.717, 1.165) is 32.5 Å². The van der Waals surface area contributed by atoms with Gasteiger partial charge in [-0.2, -0.15) is 0 Å². The van der Waals surface area contributed by atoms with Crippen molar-refractivity contribution in [1.82, 2.24) is 0 Å². The van der Waals surface area contributed by atoms with Gasteiger partial charge in [0.15, 0.2) is 0 Å². The second-order valence-electron chi connectivity index (χ2n) is 3.57. The zero-order valence-corrected chi connectivity index (χ0v) is 11.4. The van der Waals surface area contributed by atoms with Crippen LogP contribution in [0.2, 0.25) is 0 Å². The first-order valence-corrected chi connectivity index (χ1v) is 6.91. The predicted molar refractivity (Wildman–Crippen MR) is 69.4 cm³/mol. The summed E-state index contributed by atoms with van der Waals surface area (Å²) in [5.41, 5.74) is 6.01. The Kier molecular flexibility index (Phi) is 6.48. The fraction of sp³-hybridized carbons (Fsp3) is 0.636. The smallest absolute Gasteiger partial charge is 0.0701 e. The molecule has 2 N–H and O–H groups in total. The van der Waals surface area contributed by atoms with Crippen molar-refractivity contribution in [3.05, 3.63) is 20.8 Å². The third-order valence-electron chi connectivity index (χ3n) is 2.07. The second kappa shape index (κ2) is 7.39. The van der Waals surface area contributed by atoms with Gasteiger partial charge in [0.2, 0.25) is 0 Å². The van der Waals surface area contributed by atoms with Gasteiger partial charge in [-0.15, -0.1) is 11.3 Å². The van der Waals surface area contributed by atoms with Gasteiger partial charge in [0, 0.05) is 24.1 Å². The summed E-state index contributed by atoms with van der Waals surface area (Å²) in [4.78, 5) is 1.34. The van der Waals surface area contributed by atoms with Crippen LogP contribution in [0, 0.1) is 0 Å². The molecule has 0 radical (unpaired) electrons. The molecule has 0 fully saturated rings. The number of thiophene rings is 1. The molecule has 0 saturated heterocycles. The Balaban J connectivity index is 2.15. The predicted octanol–water partition coefficient (Wildman–Crippen LogP) is 3.20. The number of nitrogens with two attached hydrogens (primary N) is 1. The second-order valence-corrected chi connectivity index (χ2v) is 6.12. The van der Waals surface area contributed by atoms with Crippen molar-refractivity contribution in [2.45, 2.75) is 32.2 Å². The maximum Gasteiger partial charge on any atom is 0.0701 e. The molecule has 0 aliphatic rings. The number of halogens is 1. The number of hydrogen-bond acceptors (Lipinski definition) is 3. The maximum absolute atomic E-state index is 6.01. The first kappa shape index (κ1) is 13.2. The van der Waals surface area contributed by atoms with Crippen molar-refractivity contribution in [2.75, 3.05) is 13.2 Å². The third-order valence-corrected chi connectivity index (χ3v) is 3.72. The van der Waals surface area contributed by atoms with Gasteiger partial charge in [-0.25, -0.2) is 0 Å². The van der Waals surface area contributed by atoms with E-state index in [4.69, 9.17) is 10.5 Å². The van der Waals surface area contributed by atoms with Gasteiger partial charge in [-0.05, 0) is 47.3 Å². The van der Waals surface area contributed by atoms with Crippen LogP contribution in [-0.2, 0) is 11.2 Å². The molecule has 0 spiro atoms. The first-order valence-electron chi connectivity index (χ1n) is 5.30. The van der Waals surface area contributed by atoms with E-state index < -0.39 is 0 Å². The van der Waals surface area contributed by atoms with Gasteiger partial charge in [-0.3, -0.25) is 0 Å². The van der Waals surface area contributed by atoms with Crippen LogP contribution in [0.5, 0.6) is 0 Å². The third kappa shape index (κ3) is 5.66. The topological polar surface area (TPSA) is 35.2 Å². The van der Waals surface area contributed by atoms with Gasteiger partial charge in [-0.1, -0.05) is 6.92 Å². The highest BCUT2D eigenvalue weighted by Gasteiger charge is 2.05. The van der Waals surface area contributed by atoms with Gasteiger partial charge in [0.25, 0.3) is 0 Å². The largest absolute Gasteiger partial charge is 0.381 e. The summed E-state index contributed by atoms with van der Waals surface area (Å²) >= 11 is 5.20. The van der Waals surface area contributed by atoms with E-state index in [1.54, 1.807) is 11.3 Å². The summed E-state index contributed by atoms with van der Waals surface area (Å²) in [6, 6.07) is 4.41. The molecular weight excluding hydrogens is 274 g/mol. The highest BCUT2D eigenvalue weighted by atomic mass is 79.9. The van der Waals surface area contributed by atoms with E-state index in [9.17, 15) is 0 Å². The van der Waals surface area contributed by atoms with Crippen LogP contribution < -0.4 is 5.73 Å². The van der Waals surface area contributed by atoms with Gasteiger partial charge in [0.1, 0.15) is 0 Å². The maximum atomic E-state index is 6.01. The van der Waals surface area contributed by atoms with E-state index in [1.807, 2.05) is 0 Å². The minimum Gasteiger partial charge on any atom is -0.381 e. The standard InChI is InChI=1S/C11H18BrNOS/c1-2-6-14-7-5-9(13)8-10-3-4-11(12)15-10/h3-4,9H,2,5-8,13H2,1H3. The highest BCUT2D eigenvalue weighted by Crippen LogP contribution is 2.23. The van der Waals surface area contributed by atoms with Gasteiger partial charge >= 0.3 is 0 Å². The monoisotopic (exact) mass is 291 g/mol. The van der Waals surface area contributed by atoms with Crippen LogP contribution in [-0.4, -0.2) is 19.3 Å². The average molecular weight is 292 g/mol. The quantitative estimate of drug-likeness (QED) is 0.783. The Morgan fingerprint density at radius 3 is 2.87 bits per heavy atom. The summed E-state index contributed by atoms with van der Waals surface area (Å²) in [7, 11) is 0. The summed E-state index contributed by atoms with van der Waals surface area (Å²) < 4.78 is 6.58. The molecule has 1 rings (SSSR count). The van der Waals surface area contributed by atoms with Gasteiger partial charge in [0.05, 0.1) is 3.79 Å². The summed E-state index contributed by atoms with van der Waals surface area (Å²) in [6.45, 7) is 3.74. The van der Waals surface area contributed by atoms with Crippen LogP contribution in [0.1, 0.15) is 24.6 Å². The summed E-state index contributed by atoms with van der Waals surface area (Å²) in [5.74, 6) is 0. The Morgan fingerprint density at radius 2 is 2.27 bits per heavy atom. The molecule has 1 heterocycles. The van der Waals surface area contributed by atoms with E-state index in [1.165, 1.54) is 8.66 Å². The minimum atomic E-state index is 0.215. The molecular formula is C11H18BrNOS. The van der Waals surface area contributed by atoms with Crippen LogP contribution in [0.3, 0.4) is 0 Å². The lowest BCUT2D eigenvalue weighted by atomic mass is 10.1. The van der Waals surface area contributed by atoms with Crippen molar-refractivity contribution in [1.29, 1.82) is 0 Å². The van der Waals surface area contributed by atoms with Crippen molar-refractivity contribution < 1.29 is 4.74 Å². The Morgan fingerprint density at radius 1 is 1.47 bits per heavy atom. The number of rotatable bonds is 7. The zero-order chi connectivity index (χ0) is 11.1. The summed E-state index contributed by atoms with van der Waals surface area (Å²) in [6.07, 6.45) is 2.97. The first-order chi connectivity index (χ1) is 7.22. The fourth-order valence-electron chi connectivity index (χ4n) is 1.30. The average Bonchev–Trinajstić information content (AvgIpc) is 2.59. The lowest BCUT2D eigenvalue weighted by Gasteiger charge is -2.10. The Labute approximate surface area is 104 Å². The normalized spacial score (nSPS) is 13.0. The fourth-order valence-corrected chi connectivity index (χ4v) is 2.88. The molecule has 1 aromatic heterocycles. The lowest BCUT2D eigenvalue weighted by Crippen LogP contribution is -2.24. The molecule has 2 nitrogen and oxygen atoms in total. The van der Waals surface area contributed by atoms with Crippen LogP contribution in [0.25, 0.3) is 0 Å². The minimum absolute atomic E-state index is 0.215. The van der Waals surface area contributed by atoms with Crippen LogP contribution in [0.4, 0.5) is 0 Å². The molecule has 15 heavy (non-hydrogen) atoms. The van der Waals surface area contributed by atoms with Crippen molar-refractivity contribution in [3.8, 4) is 0 Å². The summed E-state index contributed by atoms with van der Waals surface area (Å²) in [5, 5.41) is 0. The van der Waals surface area contributed by atoms with Crippen molar-refractivity contribution in [2.24, 2.45) is 5.73 Å². The van der Waals surface area contributed by atoms with E-state index in [0.29, 0.717) is 0 Å². The van der Waals surface area contributed by atoms with E-state index >= 15 is 0 Å². The molecule has 0 aliphatic carbocycles. The van der Waals surface area contributed by atoms with Crippen molar-refractivity contribution >= 4 is 27.3 Å². The highest BCUT2D eigenvalue weighted by molar-refractivity contribution is 9.11.